The van der Waals surface area contributed by atoms with Crippen molar-refractivity contribution in [1.29, 1.82) is 0 Å². The average molecular weight is 415 g/mol. The molecule has 6 nitrogen and oxygen atoms in total. The molecule has 1 aromatic heterocycles. The second kappa shape index (κ2) is 11.2. The van der Waals surface area contributed by atoms with E-state index in [9.17, 15) is 4.79 Å². The van der Waals surface area contributed by atoms with E-state index in [-0.39, 0.29) is 17.9 Å². The number of nitrogens with one attached hydrogen (secondary N) is 1. The lowest BCUT2D eigenvalue weighted by molar-refractivity contribution is -0.125. The predicted molar refractivity (Wildman–Crippen MR) is 116 cm³/mol. The zero-order valence-electron chi connectivity index (χ0n) is 17.2. The Bertz CT molecular complexity index is 747. The van der Waals surface area contributed by atoms with Gasteiger partial charge < -0.3 is 15.0 Å². The molecule has 0 bridgehead atoms. The summed E-state index contributed by atoms with van der Waals surface area (Å²) in [5.41, 5.74) is 0. The topological polar surface area (TPSA) is 67.3 Å². The fourth-order valence-electron chi connectivity index (χ4n) is 3.26. The number of amides is 1. The number of carbonyl (C=O) groups is 1. The van der Waals surface area contributed by atoms with Crippen LogP contribution in [-0.4, -0.2) is 48.4 Å². The predicted octanol–water partition coefficient (Wildman–Crippen LogP) is 3.78. The van der Waals surface area contributed by atoms with E-state index in [1.165, 1.54) is 0 Å². The molecular formula is C22H30N4O2S. The molecular weight excluding hydrogens is 384 g/mol. The standard InChI is InChI=1S/C22H30N4O2S/c1-17(2)28-16-6-13-23-22(27)18-11-14-26(15-12-18)20-9-10-21(25-24-20)29-19-7-4-3-5-8-19/h3-5,7-10,17-18H,6,11-16H2,1-2H3,(H,23,27). The zero-order chi connectivity index (χ0) is 20.5. The van der Waals surface area contributed by atoms with Gasteiger partial charge in [0.05, 0.1) is 6.10 Å². The van der Waals surface area contributed by atoms with Crippen molar-refractivity contribution in [3.05, 3.63) is 42.5 Å². The first-order chi connectivity index (χ1) is 14.1. The Balaban J connectivity index is 1.40. The third-order valence-corrected chi connectivity index (χ3v) is 5.79. The van der Waals surface area contributed by atoms with Gasteiger partial charge >= 0.3 is 0 Å². The third-order valence-electron chi connectivity index (χ3n) is 4.85. The molecule has 29 heavy (non-hydrogen) atoms. The summed E-state index contributed by atoms with van der Waals surface area (Å²) in [6, 6.07) is 14.2. The van der Waals surface area contributed by atoms with Crippen molar-refractivity contribution in [3.8, 4) is 0 Å². The maximum Gasteiger partial charge on any atom is 0.223 e. The lowest BCUT2D eigenvalue weighted by Crippen LogP contribution is -2.41. The lowest BCUT2D eigenvalue weighted by Gasteiger charge is -2.31. The van der Waals surface area contributed by atoms with Crippen molar-refractivity contribution in [1.82, 2.24) is 15.5 Å². The Morgan fingerprint density at radius 2 is 1.93 bits per heavy atom. The van der Waals surface area contributed by atoms with Crippen LogP contribution < -0.4 is 10.2 Å². The van der Waals surface area contributed by atoms with Gasteiger partial charge in [0.15, 0.2) is 5.82 Å². The monoisotopic (exact) mass is 414 g/mol. The summed E-state index contributed by atoms with van der Waals surface area (Å²) in [4.78, 5) is 15.7. The highest BCUT2D eigenvalue weighted by Crippen LogP contribution is 2.27. The van der Waals surface area contributed by atoms with E-state index in [1.807, 2.05) is 44.2 Å². The smallest absolute Gasteiger partial charge is 0.223 e. The fraction of sp³-hybridized carbons (Fsp3) is 0.500. The molecule has 1 amide bonds. The number of carbonyl (C=O) groups excluding carboxylic acids is 1. The molecule has 1 aromatic carbocycles. The molecule has 2 heterocycles. The number of rotatable bonds is 9. The Morgan fingerprint density at radius 1 is 1.17 bits per heavy atom. The van der Waals surface area contributed by atoms with Gasteiger partial charge in [0, 0.05) is 37.1 Å². The van der Waals surface area contributed by atoms with Crippen LogP contribution >= 0.6 is 11.8 Å². The molecule has 0 aliphatic carbocycles. The van der Waals surface area contributed by atoms with Gasteiger partial charge in [0.25, 0.3) is 0 Å². The fourth-order valence-corrected chi connectivity index (χ4v) is 4.02. The number of piperidine rings is 1. The molecule has 0 radical (unpaired) electrons. The largest absolute Gasteiger partial charge is 0.379 e. The van der Waals surface area contributed by atoms with Gasteiger partial charge in [-0.3, -0.25) is 4.79 Å². The van der Waals surface area contributed by atoms with Gasteiger partial charge in [0.2, 0.25) is 5.91 Å². The minimum atomic E-state index is 0.0816. The molecule has 2 aromatic rings. The van der Waals surface area contributed by atoms with E-state index in [0.717, 1.165) is 48.1 Å². The summed E-state index contributed by atoms with van der Waals surface area (Å²) in [6.07, 6.45) is 2.78. The van der Waals surface area contributed by atoms with Gasteiger partial charge in [-0.25, -0.2) is 0 Å². The Labute approximate surface area is 177 Å². The molecule has 1 aliphatic rings. The van der Waals surface area contributed by atoms with E-state index < -0.39 is 0 Å². The van der Waals surface area contributed by atoms with E-state index in [0.29, 0.717) is 13.2 Å². The number of aromatic nitrogens is 2. The Kier molecular flexibility index (Phi) is 8.31. The van der Waals surface area contributed by atoms with Crippen molar-refractivity contribution in [3.63, 3.8) is 0 Å². The first-order valence-electron chi connectivity index (χ1n) is 10.3. The highest BCUT2D eigenvalue weighted by molar-refractivity contribution is 7.99. The van der Waals surface area contributed by atoms with Crippen LogP contribution in [0.15, 0.2) is 52.4 Å². The maximum absolute atomic E-state index is 12.4. The van der Waals surface area contributed by atoms with Crippen LogP contribution in [0.3, 0.4) is 0 Å². The summed E-state index contributed by atoms with van der Waals surface area (Å²) in [6.45, 7) is 7.06. The van der Waals surface area contributed by atoms with Crippen LogP contribution in [0.2, 0.25) is 0 Å². The molecule has 0 unspecified atom stereocenters. The van der Waals surface area contributed by atoms with Crippen LogP contribution in [-0.2, 0) is 9.53 Å². The van der Waals surface area contributed by atoms with Gasteiger partial charge in [-0.15, -0.1) is 10.2 Å². The van der Waals surface area contributed by atoms with E-state index >= 15 is 0 Å². The van der Waals surface area contributed by atoms with Gasteiger partial charge in [-0.05, 0) is 57.4 Å². The molecule has 0 saturated carbocycles. The second-order valence-electron chi connectivity index (χ2n) is 7.47. The van der Waals surface area contributed by atoms with Crippen molar-refractivity contribution in [2.24, 2.45) is 5.92 Å². The lowest BCUT2D eigenvalue weighted by atomic mass is 9.96. The second-order valence-corrected chi connectivity index (χ2v) is 8.56. The van der Waals surface area contributed by atoms with E-state index in [1.54, 1.807) is 11.8 Å². The van der Waals surface area contributed by atoms with Crippen LogP contribution in [0.5, 0.6) is 0 Å². The molecule has 1 N–H and O–H groups in total. The normalized spacial score (nSPS) is 14.9. The number of hydrogen-bond donors (Lipinski definition) is 1. The minimum absolute atomic E-state index is 0.0816. The molecule has 1 fully saturated rings. The zero-order valence-corrected chi connectivity index (χ0v) is 18.0. The van der Waals surface area contributed by atoms with E-state index in [2.05, 4.69) is 32.5 Å². The first-order valence-corrected chi connectivity index (χ1v) is 11.1. The molecule has 1 saturated heterocycles. The minimum Gasteiger partial charge on any atom is -0.379 e. The first kappa shape index (κ1) is 21.6. The van der Waals surface area contributed by atoms with Crippen LogP contribution in [0.1, 0.15) is 33.1 Å². The Morgan fingerprint density at radius 3 is 2.59 bits per heavy atom. The molecule has 1 aliphatic heterocycles. The summed E-state index contributed by atoms with van der Waals surface area (Å²) in [5.74, 6) is 1.13. The molecule has 7 heteroatoms. The van der Waals surface area contributed by atoms with Crippen molar-refractivity contribution in [2.75, 3.05) is 31.1 Å². The third kappa shape index (κ3) is 7.01. The summed E-state index contributed by atoms with van der Waals surface area (Å²) in [5, 5.41) is 12.7. The molecule has 0 spiro atoms. The highest BCUT2D eigenvalue weighted by atomic mass is 32.2. The van der Waals surface area contributed by atoms with Crippen molar-refractivity contribution >= 4 is 23.5 Å². The number of nitrogens with zero attached hydrogens (tertiary/aromatic N) is 3. The van der Waals surface area contributed by atoms with Gasteiger partial charge in [0.1, 0.15) is 5.03 Å². The maximum atomic E-state index is 12.4. The SMILES string of the molecule is CC(C)OCCCNC(=O)C1CCN(c2ccc(Sc3ccccc3)nn2)CC1. The van der Waals surface area contributed by atoms with E-state index in [4.69, 9.17) is 4.74 Å². The van der Waals surface area contributed by atoms with Gasteiger partial charge in [-0.1, -0.05) is 30.0 Å². The molecule has 3 rings (SSSR count). The number of benzene rings is 1. The van der Waals surface area contributed by atoms with Crippen molar-refractivity contribution in [2.45, 2.75) is 49.1 Å². The quantitative estimate of drug-likeness (QED) is 0.630. The van der Waals surface area contributed by atoms with Crippen LogP contribution in [0.25, 0.3) is 0 Å². The van der Waals surface area contributed by atoms with Crippen LogP contribution in [0, 0.1) is 5.92 Å². The van der Waals surface area contributed by atoms with Crippen LogP contribution in [0.4, 0.5) is 5.82 Å². The number of anilines is 1. The molecule has 156 valence electrons. The average Bonchev–Trinajstić information content (AvgIpc) is 2.74. The summed E-state index contributed by atoms with van der Waals surface area (Å²) < 4.78 is 5.50. The summed E-state index contributed by atoms with van der Waals surface area (Å²) in [7, 11) is 0. The molecule has 0 atom stereocenters. The van der Waals surface area contributed by atoms with Gasteiger partial charge in [-0.2, -0.15) is 0 Å². The number of hydrogen-bond acceptors (Lipinski definition) is 6. The Hall–Kier alpha value is -2.12. The number of ether oxygens (including phenoxy) is 1. The summed E-state index contributed by atoms with van der Waals surface area (Å²) >= 11 is 1.61. The van der Waals surface area contributed by atoms with Crippen molar-refractivity contribution < 1.29 is 9.53 Å². The highest BCUT2D eigenvalue weighted by Gasteiger charge is 2.25.